The quantitative estimate of drug-likeness (QED) is 0.782. The Labute approximate surface area is 87.8 Å². The van der Waals surface area contributed by atoms with Gasteiger partial charge in [0.15, 0.2) is 0 Å². The molecule has 76 valence electrons. The van der Waals surface area contributed by atoms with Crippen molar-refractivity contribution in [3.63, 3.8) is 0 Å². The maximum Gasteiger partial charge on any atom is 0.134 e. The van der Waals surface area contributed by atoms with Crippen LogP contribution in [0.15, 0.2) is 12.1 Å². The number of hydrogen-bond acceptors (Lipinski definition) is 3. The van der Waals surface area contributed by atoms with Crippen LogP contribution in [0.25, 0.3) is 0 Å². The molecule has 1 aromatic carbocycles. The first kappa shape index (κ1) is 10.9. The molecule has 14 heavy (non-hydrogen) atoms. The van der Waals surface area contributed by atoms with Gasteiger partial charge in [-0.05, 0) is 13.0 Å². The van der Waals surface area contributed by atoms with Gasteiger partial charge in [-0.2, -0.15) is 0 Å². The van der Waals surface area contributed by atoms with Crippen LogP contribution in [0.3, 0.4) is 0 Å². The first-order chi connectivity index (χ1) is 6.54. The van der Waals surface area contributed by atoms with E-state index in [1.54, 1.807) is 12.1 Å². The van der Waals surface area contributed by atoms with Crippen molar-refractivity contribution in [3.8, 4) is 5.75 Å². The lowest BCUT2D eigenvalue weighted by Gasteiger charge is -2.09. The predicted octanol–water partition coefficient (Wildman–Crippen LogP) is 2.06. The number of ether oxygens (including phenoxy) is 1. The number of anilines is 1. The molecule has 0 heterocycles. The van der Waals surface area contributed by atoms with E-state index in [0.717, 1.165) is 0 Å². The van der Waals surface area contributed by atoms with Crippen molar-refractivity contribution >= 4 is 23.1 Å². The van der Waals surface area contributed by atoms with Crippen LogP contribution in [-0.4, -0.2) is 12.9 Å². The second-order valence-electron chi connectivity index (χ2n) is 3.06. The highest BCUT2D eigenvalue weighted by Gasteiger charge is 2.11. The summed E-state index contributed by atoms with van der Waals surface area (Å²) >= 11 is 5.95. The first-order valence-corrected chi connectivity index (χ1v) is 4.53. The summed E-state index contributed by atoms with van der Waals surface area (Å²) in [7, 11) is 1.52. The molecule has 0 aliphatic rings. The van der Waals surface area contributed by atoms with E-state index in [-0.39, 0.29) is 12.2 Å². The van der Waals surface area contributed by atoms with E-state index in [1.165, 1.54) is 14.0 Å². The lowest BCUT2D eigenvalue weighted by Crippen LogP contribution is -2.01. The Bertz CT molecular complexity index is 363. The van der Waals surface area contributed by atoms with Crippen LogP contribution < -0.4 is 10.5 Å². The molecule has 4 heteroatoms. The van der Waals surface area contributed by atoms with Crippen LogP contribution >= 0.6 is 11.6 Å². The number of halogens is 1. The Hall–Kier alpha value is -1.22. The second-order valence-corrected chi connectivity index (χ2v) is 3.47. The van der Waals surface area contributed by atoms with Gasteiger partial charge in [0, 0.05) is 28.8 Å². The van der Waals surface area contributed by atoms with Gasteiger partial charge in [-0.1, -0.05) is 11.6 Å². The molecule has 0 aliphatic heterocycles. The third kappa shape index (κ3) is 2.39. The average Bonchev–Trinajstić information content (AvgIpc) is 2.08. The number of nitrogens with two attached hydrogens (primary N) is 1. The Morgan fingerprint density at radius 1 is 1.57 bits per heavy atom. The van der Waals surface area contributed by atoms with Gasteiger partial charge in [-0.3, -0.25) is 4.79 Å². The highest BCUT2D eigenvalue weighted by Crippen LogP contribution is 2.30. The molecule has 0 atom stereocenters. The number of Topliss-reactive ketones (excluding diaryl/α,β-unsaturated/α-hetero) is 1. The summed E-state index contributed by atoms with van der Waals surface area (Å²) in [5, 5.41) is 0.469. The number of hydrogen-bond donors (Lipinski definition) is 1. The smallest absolute Gasteiger partial charge is 0.134 e. The van der Waals surface area contributed by atoms with Crippen LogP contribution in [0.5, 0.6) is 5.75 Å². The Balaban J connectivity index is 3.18. The molecule has 2 N–H and O–H groups in total. The van der Waals surface area contributed by atoms with Gasteiger partial charge in [0.25, 0.3) is 0 Å². The SMILES string of the molecule is COc1cc(N)cc(Cl)c1CC(C)=O. The molecule has 0 amide bonds. The molecule has 0 spiro atoms. The van der Waals surface area contributed by atoms with Gasteiger partial charge in [0.2, 0.25) is 0 Å². The van der Waals surface area contributed by atoms with Crippen molar-refractivity contribution in [2.24, 2.45) is 0 Å². The summed E-state index contributed by atoms with van der Waals surface area (Å²) in [6.07, 6.45) is 0.266. The standard InChI is InChI=1S/C10H12ClNO2/c1-6(13)3-8-9(11)4-7(12)5-10(8)14-2/h4-5H,3,12H2,1-2H3. The highest BCUT2D eigenvalue weighted by atomic mass is 35.5. The molecule has 0 bridgehead atoms. The minimum Gasteiger partial charge on any atom is -0.496 e. The van der Waals surface area contributed by atoms with Crippen molar-refractivity contribution in [1.82, 2.24) is 0 Å². The molecule has 0 aromatic heterocycles. The minimum absolute atomic E-state index is 0.0370. The summed E-state index contributed by atoms with van der Waals surface area (Å²) < 4.78 is 5.09. The molecule has 0 saturated carbocycles. The Morgan fingerprint density at radius 2 is 2.21 bits per heavy atom. The number of benzene rings is 1. The van der Waals surface area contributed by atoms with E-state index < -0.39 is 0 Å². The largest absolute Gasteiger partial charge is 0.496 e. The van der Waals surface area contributed by atoms with Crippen molar-refractivity contribution in [2.45, 2.75) is 13.3 Å². The summed E-state index contributed by atoms with van der Waals surface area (Å²) in [4.78, 5) is 11.0. The number of nitrogen functional groups attached to an aromatic ring is 1. The first-order valence-electron chi connectivity index (χ1n) is 4.16. The molecular weight excluding hydrogens is 202 g/mol. The molecule has 1 aromatic rings. The number of carbonyl (C=O) groups is 1. The average molecular weight is 214 g/mol. The van der Waals surface area contributed by atoms with E-state index in [0.29, 0.717) is 22.0 Å². The molecule has 0 radical (unpaired) electrons. The molecular formula is C10H12ClNO2. The number of rotatable bonds is 3. The number of ketones is 1. The zero-order valence-electron chi connectivity index (χ0n) is 8.13. The fraction of sp³-hybridized carbons (Fsp3) is 0.300. The summed E-state index contributed by atoms with van der Waals surface area (Å²) in [6, 6.07) is 3.27. The molecule has 0 aliphatic carbocycles. The summed E-state index contributed by atoms with van der Waals surface area (Å²) in [5.74, 6) is 0.597. The van der Waals surface area contributed by atoms with Crippen molar-refractivity contribution < 1.29 is 9.53 Å². The van der Waals surface area contributed by atoms with E-state index >= 15 is 0 Å². The predicted molar refractivity (Wildman–Crippen MR) is 56.8 cm³/mol. The third-order valence-electron chi connectivity index (χ3n) is 1.82. The zero-order valence-corrected chi connectivity index (χ0v) is 8.89. The zero-order chi connectivity index (χ0) is 10.7. The summed E-state index contributed by atoms with van der Waals surface area (Å²) in [5.41, 5.74) is 6.80. The van der Waals surface area contributed by atoms with Crippen LogP contribution in [0.1, 0.15) is 12.5 Å². The molecule has 3 nitrogen and oxygen atoms in total. The summed E-state index contributed by atoms with van der Waals surface area (Å²) in [6.45, 7) is 1.51. The topological polar surface area (TPSA) is 52.3 Å². The lowest BCUT2D eigenvalue weighted by atomic mass is 10.1. The van der Waals surface area contributed by atoms with Crippen LogP contribution in [0, 0.1) is 0 Å². The molecule has 0 fully saturated rings. The van der Waals surface area contributed by atoms with E-state index in [2.05, 4.69) is 0 Å². The van der Waals surface area contributed by atoms with Crippen LogP contribution in [0.4, 0.5) is 5.69 Å². The third-order valence-corrected chi connectivity index (χ3v) is 2.16. The molecule has 0 saturated heterocycles. The van der Waals surface area contributed by atoms with Crippen LogP contribution in [0.2, 0.25) is 5.02 Å². The monoisotopic (exact) mass is 213 g/mol. The lowest BCUT2D eigenvalue weighted by molar-refractivity contribution is -0.116. The molecule has 0 unspecified atom stereocenters. The van der Waals surface area contributed by atoms with Gasteiger partial charge >= 0.3 is 0 Å². The minimum atomic E-state index is 0.0370. The fourth-order valence-electron chi connectivity index (χ4n) is 1.23. The Kier molecular flexibility index (Phi) is 3.36. The van der Waals surface area contributed by atoms with Gasteiger partial charge in [0.05, 0.1) is 7.11 Å². The maximum absolute atomic E-state index is 11.0. The van der Waals surface area contributed by atoms with Gasteiger partial charge in [-0.15, -0.1) is 0 Å². The van der Waals surface area contributed by atoms with Crippen molar-refractivity contribution in [3.05, 3.63) is 22.7 Å². The normalized spacial score (nSPS) is 9.93. The van der Waals surface area contributed by atoms with Crippen molar-refractivity contribution in [1.29, 1.82) is 0 Å². The Morgan fingerprint density at radius 3 is 2.71 bits per heavy atom. The fourth-order valence-corrected chi connectivity index (χ4v) is 1.52. The second kappa shape index (κ2) is 4.33. The number of carbonyl (C=O) groups excluding carboxylic acids is 1. The highest BCUT2D eigenvalue weighted by molar-refractivity contribution is 6.32. The van der Waals surface area contributed by atoms with E-state index in [9.17, 15) is 4.79 Å². The maximum atomic E-state index is 11.0. The van der Waals surface area contributed by atoms with Gasteiger partial charge in [-0.25, -0.2) is 0 Å². The number of methoxy groups -OCH3 is 1. The van der Waals surface area contributed by atoms with Gasteiger partial charge in [0.1, 0.15) is 11.5 Å². The van der Waals surface area contributed by atoms with Crippen molar-refractivity contribution in [2.75, 3.05) is 12.8 Å². The van der Waals surface area contributed by atoms with Crippen LogP contribution in [-0.2, 0) is 11.2 Å². The van der Waals surface area contributed by atoms with E-state index in [1.807, 2.05) is 0 Å². The van der Waals surface area contributed by atoms with E-state index in [4.69, 9.17) is 22.1 Å². The van der Waals surface area contributed by atoms with Gasteiger partial charge < -0.3 is 10.5 Å². The molecule has 1 rings (SSSR count).